The highest BCUT2D eigenvalue weighted by Gasteiger charge is 2.20. The maximum atomic E-state index is 4.70. The molecule has 3 nitrogen and oxygen atoms in total. The molecule has 0 spiro atoms. The molecule has 1 atom stereocenters. The van der Waals surface area contributed by atoms with Gasteiger partial charge < -0.3 is 10.3 Å². The second-order valence-corrected chi connectivity index (χ2v) is 5.64. The molecule has 0 aliphatic carbocycles. The fraction of sp³-hybridized carbons (Fsp3) is 0.462. The van der Waals surface area contributed by atoms with Gasteiger partial charge in [0.1, 0.15) is 5.01 Å². The van der Waals surface area contributed by atoms with Crippen molar-refractivity contribution in [2.24, 2.45) is 0 Å². The molecule has 2 N–H and O–H groups in total. The summed E-state index contributed by atoms with van der Waals surface area (Å²) in [7, 11) is 0. The van der Waals surface area contributed by atoms with Crippen LogP contribution in [0.15, 0.2) is 18.5 Å². The smallest absolute Gasteiger partial charge is 0.125 e. The van der Waals surface area contributed by atoms with Crippen molar-refractivity contribution in [3.63, 3.8) is 0 Å². The van der Waals surface area contributed by atoms with Crippen molar-refractivity contribution in [3.05, 3.63) is 29.0 Å². The summed E-state index contributed by atoms with van der Waals surface area (Å²) in [5.74, 6) is 0.661. The van der Waals surface area contributed by atoms with Gasteiger partial charge in [-0.1, -0.05) is 0 Å². The highest BCUT2D eigenvalue weighted by Crippen LogP contribution is 2.35. The standard InChI is InChI=1S/C13H17N3S/c1-9-12(10-3-2-5-14-7-10)17-13(16-9)11-4-6-15-8-11/h4,6,8,10,14-15H,2-3,5,7H2,1H3. The third kappa shape index (κ3) is 2.15. The number of H-pyrrole nitrogens is 1. The monoisotopic (exact) mass is 247 g/mol. The number of hydrogen-bond acceptors (Lipinski definition) is 3. The van der Waals surface area contributed by atoms with Crippen LogP contribution in [0.3, 0.4) is 0 Å². The molecule has 90 valence electrons. The highest BCUT2D eigenvalue weighted by atomic mass is 32.1. The molecule has 2 aromatic rings. The summed E-state index contributed by atoms with van der Waals surface area (Å²) in [4.78, 5) is 9.26. The Balaban J connectivity index is 1.90. The van der Waals surface area contributed by atoms with Gasteiger partial charge in [-0.15, -0.1) is 11.3 Å². The predicted octanol–water partition coefficient (Wildman–Crippen LogP) is 2.91. The second-order valence-electron chi connectivity index (χ2n) is 4.61. The minimum atomic E-state index is 0.661. The number of aromatic amines is 1. The van der Waals surface area contributed by atoms with E-state index in [2.05, 4.69) is 23.3 Å². The molecule has 3 rings (SSSR count). The number of nitrogens with zero attached hydrogens (tertiary/aromatic N) is 1. The lowest BCUT2D eigenvalue weighted by Gasteiger charge is -2.21. The Bertz CT molecular complexity index is 481. The normalized spacial score (nSPS) is 20.6. The van der Waals surface area contributed by atoms with Crippen molar-refractivity contribution < 1.29 is 0 Å². The zero-order valence-corrected chi connectivity index (χ0v) is 10.8. The van der Waals surface area contributed by atoms with Gasteiger partial charge in [0.15, 0.2) is 0 Å². The molecule has 0 radical (unpaired) electrons. The first-order valence-corrected chi connectivity index (χ1v) is 6.97. The molecule has 1 saturated heterocycles. The molecule has 3 heterocycles. The van der Waals surface area contributed by atoms with Gasteiger partial charge in [-0.3, -0.25) is 0 Å². The largest absolute Gasteiger partial charge is 0.367 e. The molecule has 1 fully saturated rings. The fourth-order valence-corrected chi connectivity index (χ4v) is 3.64. The average molecular weight is 247 g/mol. The van der Waals surface area contributed by atoms with E-state index < -0.39 is 0 Å². The molecule has 0 amide bonds. The van der Waals surface area contributed by atoms with Crippen molar-refractivity contribution in [1.29, 1.82) is 0 Å². The molecule has 4 heteroatoms. The van der Waals surface area contributed by atoms with Gasteiger partial charge in [0.25, 0.3) is 0 Å². The zero-order valence-electron chi connectivity index (χ0n) is 9.99. The maximum absolute atomic E-state index is 4.70. The summed E-state index contributed by atoms with van der Waals surface area (Å²) < 4.78 is 0. The van der Waals surface area contributed by atoms with Gasteiger partial charge in [0.05, 0.1) is 5.69 Å². The van der Waals surface area contributed by atoms with Gasteiger partial charge in [-0.25, -0.2) is 4.98 Å². The predicted molar refractivity (Wildman–Crippen MR) is 71.5 cm³/mol. The number of piperidine rings is 1. The van der Waals surface area contributed by atoms with Crippen LogP contribution < -0.4 is 5.32 Å². The highest BCUT2D eigenvalue weighted by molar-refractivity contribution is 7.15. The summed E-state index contributed by atoms with van der Waals surface area (Å²) in [5, 5.41) is 4.62. The van der Waals surface area contributed by atoms with Crippen LogP contribution in [0.4, 0.5) is 0 Å². The Morgan fingerprint density at radius 3 is 3.12 bits per heavy atom. The summed E-state index contributed by atoms with van der Waals surface area (Å²) in [5.41, 5.74) is 2.41. The van der Waals surface area contributed by atoms with Crippen molar-refractivity contribution >= 4 is 11.3 Å². The number of thiazole rings is 1. The van der Waals surface area contributed by atoms with E-state index in [9.17, 15) is 0 Å². The first kappa shape index (κ1) is 11.0. The van der Waals surface area contributed by atoms with Gasteiger partial charge >= 0.3 is 0 Å². The van der Waals surface area contributed by atoms with E-state index >= 15 is 0 Å². The van der Waals surface area contributed by atoms with Crippen LogP contribution >= 0.6 is 11.3 Å². The lowest BCUT2D eigenvalue weighted by Crippen LogP contribution is -2.28. The number of nitrogens with one attached hydrogen (secondary N) is 2. The fourth-order valence-electron chi connectivity index (χ4n) is 2.44. The quantitative estimate of drug-likeness (QED) is 0.856. The van der Waals surface area contributed by atoms with Gasteiger partial charge in [0.2, 0.25) is 0 Å². The summed E-state index contributed by atoms with van der Waals surface area (Å²) in [6.07, 6.45) is 6.54. The lowest BCUT2D eigenvalue weighted by molar-refractivity contribution is 0.464. The molecule has 0 saturated carbocycles. The summed E-state index contributed by atoms with van der Waals surface area (Å²) in [6, 6.07) is 2.08. The van der Waals surface area contributed by atoms with E-state index in [-0.39, 0.29) is 0 Å². The van der Waals surface area contributed by atoms with Crippen LogP contribution in [0.1, 0.15) is 29.3 Å². The van der Waals surface area contributed by atoms with E-state index in [0.717, 1.165) is 11.6 Å². The third-order valence-corrected chi connectivity index (χ3v) is 4.71. The molecular formula is C13H17N3S. The molecule has 1 aliphatic rings. The zero-order chi connectivity index (χ0) is 11.7. The lowest BCUT2D eigenvalue weighted by atomic mass is 9.97. The first-order valence-electron chi connectivity index (χ1n) is 6.16. The Morgan fingerprint density at radius 2 is 2.41 bits per heavy atom. The second kappa shape index (κ2) is 4.63. The molecule has 17 heavy (non-hydrogen) atoms. The Kier molecular flexibility index (Phi) is 2.99. The van der Waals surface area contributed by atoms with Crippen molar-refractivity contribution in [2.45, 2.75) is 25.7 Å². The average Bonchev–Trinajstić information content (AvgIpc) is 2.99. The maximum Gasteiger partial charge on any atom is 0.125 e. The molecule has 2 aromatic heterocycles. The molecule has 0 aromatic carbocycles. The van der Waals surface area contributed by atoms with Gasteiger partial charge in [-0.2, -0.15) is 0 Å². The molecule has 1 aliphatic heterocycles. The van der Waals surface area contributed by atoms with Crippen LogP contribution in [0.2, 0.25) is 0 Å². The van der Waals surface area contributed by atoms with E-state index in [4.69, 9.17) is 4.98 Å². The number of aromatic nitrogens is 2. The topological polar surface area (TPSA) is 40.7 Å². The first-order chi connectivity index (χ1) is 8.34. The van der Waals surface area contributed by atoms with E-state index in [1.54, 1.807) is 0 Å². The summed E-state index contributed by atoms with van der Waals surface area (Å²) >= 11 is 1.85. The van der Waals surface area contributed by atoms with E-state index in [0.29, 0.717) is 5.92 Å². The minimum absolute atomic E-state index is 0.661. The van der Waals surface area contributed by atoms with Crippen LogP contribution in [-0.4, -0.2) is 23.1 Å². The third-order valence-electron chi connectivity index (χ3n) is 3.35. The number of rotatable bonds is 2. The molecule has 0 bridgehead atoms. The SMILES string of the molecule is Cc1nc(-c2cc[nH]c2)sc1C1CCCNC1. The number of aryl methyl sites for hydroxylation is 1. The van der Waals surface area contributed by atoms with Crippen molar-refractivity contribution in [3.8, 4) is 10.6 Å². The summed E-state index contributed by atoms with van der Waals surface area (Å²) in [6.45, 7) is 4.41. The molecular weight excluding hydrogens is 230 g/mol. The van der Waals surface area contributed by atoms with Crippen LogP contribution in [0.25, 0.3) is 10.6 Å². The van der Waals surface area contributed by atoms with Crippen LogP contribution in [-0.2, 0) is 0 Å². The molecule has 1 unspecified atom stereocenters. The van der Waals surface area contributed by atoms with Crippen LogP contribution in [0.5, 0.6) is 0 Å². The Hall–Kier alpha value is -1.13. The van der Waals surface area contributed by atoms with Crippen molar-refractivity contribution in [1.82, 2.24) is 15.3 Å². The number of hydrogen-bond donors (Lipinski definition) is 2. The van der Waals surface area contributed by atoms with E-state index in [1.807, 2.05) is 23.7 Å². The Morgan fingerprint density at radius 1 is 1.47 bits per heavy atom. The van der Waals surface area contributed by atoms with Crippen LogP contribution in [0, 0.1) is 6.92 Å². The van der Waals surface area contributed by atoms with Gasteiger partial charge in [-0.05, 0) is 32.4 Å². The van der Waals surface area contributed by atoms with Crippen molar-refractivity contribution in [2.75, 3.05) is 13.1 Å². The Labute approximate surface area is 105 Å². The minimum Gasteiger partial charge on any atom is -0.367 e. The van der Waals surface area contributed by atoms with E-state index in [1.165, 1.54) is 35.5 Å². The van der Waals surface area contributed by atoms with Gasteiger partial charge in [0, 0.05) is 35.3 Å².